The van der Waals surface area contributed by atoms with Gasteiger partial charge in [0, 0.05) is 30.7 Å². The molecule has 138 valence electrons. The monoisotopic (exact) mass is 371 g/mol. The highest BCUT2D eigenvalue weighted by molar-refractivity contribution is 6.31. The minimum atomic E-state index is -0.112. The first-order chi connectivity index (χ1) is 12.5. The summed E-state index contributed by atoms with van der Waals surface area (Å²) in [5, 5.41) is 3.77. The van der Waals surface area contributed by atoms with Gasteiger partial charge < -0.3 is 10.2 Å². The Balaban J connectivity index is 1.66. The van der Waals surface area contributed by atoms with Crippen LogP contribution < -0.4 is 5.32 Å². The van der Waals surface area contributed by atoms with Crippen LogP contribution in [0.3, 0.4) is 0 Å². The molecule has 2 unspecified atom stereocenters. The van der Waals surface area contributed by atoms with E-state index < -0.39 is 0 Å². The van der Waals surface area contributed by atoms with Crippen molar-refractivity contribution < 1.29 is 4.79 Å². The van der Waals surface area contributed by atoms with Gasteiger partial charge in [-0.1, -0.05) is 60.1 Å². The number of carbonyl (C=O) groups is 1. The van der Waals surface area contributed by atoms with Gasteiger partial charge >= 0.3 is 0 Å². The molecule has 1 fully saturated rings. The Morgan fingerprint density at radius 2 is 1.85 bits per heavy atom. The van der Waals surface area contributed by atoms with E-state index in [1.54, 1.807) is 0 Å². The van der Waals surface area contributed by atoms with Gasteiger partial charge in [0.25, 0.3) is 0 Å². The van der Waals surface area contributed by atoms with Gasteiger partial charge in [0.1, 0.15) is 0 Å². The summed E-state index contributed by atoms with van der Waals surface area (Å²) in [6.45, 7) is 5.14. The van der Waals surface area contributed by atoms with Crippen LogP contribution in [0.4, 0.5) is 0 Å². The first-order valence-corrected chi connectivity index (χ1v) is 9.43. The normalized spacial score (nSPS) is 19.9. The van der Waals surface area contributed by atoms with Gasteiger partial charge in [-0.2, -0.15) is 0 Å². The molecule has 0 aliphatic carbocycles. The van der Waals surface area contributed by atoms with Crippen molar-refractivity contribution in [3.8, 4) is 0 Å². The smallest absolute Gasteiger partial charge is 0.234 e. The molecule has 0 aromatic heterocycles. The lowest BCUT2D eigenvalue weighted by molar-refractivity contribution is -0.124. The lowest BCUT2D eigenvalue weighted by Crippen LogP contribution is -2.50. The average molecular weight is 372 g/mol. The summed E-state index contributed by atoms with van der Waals surface area (Å²) in [6, 6.07) is 18.2. The number of hydrogen-bond acceptors (Lipinski definition) is 3. The number of halogens is 1. The van der Waals surface area contributed by atoms with Gasteiger partial charge in [0.15, 0.2) is 0 Å². The number of hydrogen-bond donors (Lipinski definition) is 1. The third-order valence-corrected chi connectivity index (χ3v) is 5.32. The Labute approximate surface area is 160 Å². The van der Waals surface area contributed by atoms with Gasteiger partial charge in [-0.25, -0.2) is 0 Å². The molecule has 3 rings (SSSR count). The van der Waals surface area contributed by atoms with Crippen LogP contribution >= 0.6 is 11.6 Å². The van der Waals surface area contributed by atoms with Crippen LogP contribution in [0, 0.1) is 0 Å². The molecule has 1 saturated heterocycles. The summed E-state index contributed by atoms with van der Waals surface area (Å²) in [5.74, 6) is 0.0305. The van der Waals surface area contributed by atoms with Crippen molar-refractivity contribution in [2.45, 2.75) is 19.0 Å². The first kappa shape index (κ1) is 18.9. The fourth-order valence-corrected chi connectivity index (χ4v) is 3.81. The Bertz CT molecular complexity index is 737. The van der Waals surface area contributed by atoms with E-state index >= 15 is 0 Å². The number of amides is 1. The van der Waals surface area contributed by atoms with Crippen LogP contribution in [-0.4, -0.2) is 48.9 Å². The molecule has 1 aliphatic rings. The minimum absolute atomic E-state index is 0.0305. The molecule has 2 aromatic carbocycles. The molecule has 1 N–H and O–H groups in total. The van der Waals surface area contributed by atoms with Crippen LogP contribution in [0.15, 0.2) is 54.6 Å². The van der Waals surface area contributed by atoms with Crippen LogP contribution in [-0.2, 0) is 4.79 Å². The predicted molar refractivity (Wildman–Crippen MR) is 106 cm³/mol. The molecular weight excluding hydrogens is 346 g/mol. The number of benzene rings is 2. The largest absolute Gasteiger partial charge is 0.348 e. The Morgan fingerprint density at radius 3 is 2.58 bits per heavy atom. The molecule has 1 aliphatic heterocycles. The summed E-state index contributed by atoms with van der Waals surface area (Å²) in [6.07, 6.45) is 0. The van der Waals surface area contributed by atoms with Crippen molar-refractivity contribution in [3.05, 3.63) is 70.7 Å². The topological polar surface area (TPSA) is 35.6 Å². The van der Waals surface area contributed by atoms with E-state index in [9.17, 15) is 4.79 Å². The van der Waals surface area contributed by atoms with Gasteiger partial charge in [-0.15, -0.1) is 0 Å². The van der Waals surface area contributed by atoms with Crippen molar-refractivity contribution in [2.24, 2.45) is 0 Å². The van der Waals surface area contributed by atoms with Crippen LogP contribution in [0.25, 0.3) is 0 Å². The second-order valence-electron chi connectivity index (χ2n) is 6.97. The maximum Gasteiger partial charge on any atom is 0.234 e. The van der Waals surface area contributed by atoms with Crippen LogP contribution in [0.5, 0.6) is 0 Å². The minimum Gasteiger partial charge on any atom is -0.348 e. The number of nitrogens with zero attached hydrogens (tertiary/aromatic N) is 2. The fourth-order valence-electron chi connectivity index (χ4n) is 3.51. The van der Waals surface area contributed by atoms with Gasteiger partial charge in [0.2, 0.25) is 5.91 Å². The van der Waals surface area contributed by atoms with E-state index in [0.29, 0.717) is 11.6 Å². The van der Waals surface area contributed by atoms with Crippen molar-refractivity contribution in [3.63, 3.8) is 0 Å². The van der Waals surface area contributed by atoms with E-state index in [2.05, 4.69) is 46.4 Å². The zero-order valence-electron chi connectivity index (χ0n) is 15.4. The lowest BCUT2D eigenvalue weighted by atomic mass is 10.0. The summed E-state index contributed by atoms with van der Waals surface area (Å²) in [7, 11) is 2.13. The Morgan fingerprint density at radius 1 is 1.15 bits per heavy atom. The lowest BCUT2D eigenvalue weighted by Gasteiger charge is -2.40. The highest BCUT2D eigenvalue weighted by Gasteiger charge is 2.28. The number of nitrogens with one attached hydrogen (secondary N) is 1. The highest BCUT2D eigenvalue weighted by Crippen LogP contribution is 2.25. The van der Waals surface area contributed by atoms with Gasteiger partial charge in [-0.3, -0.25) is 9.69 Å². The second kappa shape index (κ2) is 8.67. The van der Waals surface area contributed by atoms with Crippen molar-refractivity contribution >= 4 is 17.5 Å². The number of piperazine rings is 1. The molecule has 0 radical (unpaired) electrons. The molecule has 4 nitrogen and oxygen atoms in total. The van der Waals surface area contributed by atoms with E-state index in [-0.39, 0.29) is 18.0 Å². The van der Waals surface area contributed by atoms with E-state index in [1.807, 2.05) is 37.3 Å². The zero-order valence-corrected chi connectivity index (χ0v) is 16.1. The first-order valence-electron chi connectivity index (χ1n) is 9.06. The number of likely N-dealkylation sites (N-methyl/N-ethyl adjacent to an activating group) is 1. The molecule has 0 spiro atoms. The molecular formula is C21H26ClN3O. The molecule has 0 bridgehead atoms. The summed E-state index contributed by atoms with van der Waals surface area (Å²) >= 11 is 6.25. The summed E-state index contributed by atoms with van der Waals surface area (Å²) < 4.78 is 0. The van der Waals surface area contributed by atoms with Crippen molar-refractivity contribution in [1.29, 1.82) is 0 Å². The zero-order chi connectivity index (χ0) is 18.5. The van der Waals surface area contributed by atoms with Gasteiger partial charge in [-0.05, 0) is 31.2 Å². The average Bonchev–Trinajstić information content (AvgIpc) is 2.64. The number of rotatable bonds is 5. The SMILES string of the molecule is CC(NC(=O)CN1CCN(C)CC1c1ccccc1)c1ccccc1Cl. The van der Waals surface area contributed by atoms with Crippen LogP contribution in [0.1, 0.15) is 30.1 Å². The Hall–Kier alpha value is -1.88. The summed E-state index contributed by atoms with van der Waals surface area (Å²) in [4.78, 5) is 17.2. The highest BCUT2D eigenvalue weighted by atomic mass is 35.5. The molecule has 2 atom stereocenters. The summed E-state index contributed by atoms with van der Waals surface area (Å²) in [5.41, 5.74) is 2.20. The number of carbonyl (C=O) groups excluding carboxylic acids is 1. The van der Waals surface area contributed by atoms with E-state index in [1.165, 1.54) is 5.56 Å². The molecule has 2 aromatic rings. The third kappa shape index (κ3) is 4.64. The molecule has 1 heterocycles. The molecule has 0 saturated carbocycles. The molecule has 1 amide bonds. The van der Waals surface area contributed by atoms with E-state index in [0.717, 1.165) is 25.2 Å². The Kier molecular flexibility index (Phi) is 6.30. The molecule has 5 heteroatoms. The van der Waals surface area contributed by atoms with E-state index in [4.69, 9.17) is 11.6 Å². The fraction of sp³-hybridized carbons (Fsp3) is 0.381. The van der Waals surface area contributed by atoms with Crippen LogP contribution in [0.2, 0.25) is 5.02 Å². The van der Waals surface area contributed by atoms with Crippen molar-refractivity contribution in [1.82, 2.24) is 15.1 Å². The van der Waals surface area contributed by atoms with Gasteiger partial charge in [0.05, 0.1) is 12.6 Å². The quantitative estimate of drug-likeness (QED) is 0.873. The van der Waals surface area contributed by atoms with Crippen molar-refractivity contribution in [2.75, 3.05) is 33.2 Å². The maximum absolute atomic E-state index is 12.7. The maximum atomic E-state index is 12.7. The predicted octanol–water partition coefficient (Wildman–Crippen LogP) is 3.51. The molecule has 26 heavy (non-hydrogen) atoms. The third-order valence-electron chi connectivity index (χ3n) is 4.97. The second-order valence-corrected chi connectivity index (χ2v) is 7.38. The standard InChI is InChI=1S/C21H26ClN3O/c1-16(18-10-6-7-11-19(18)22)23-21(26)15-25-13-12-24(2)14-20(25)17-8-4-3-5-9-17/h3-11,16,20H,12-15H2,1-2H3,(H,23,26).